The smallest absolute Gasteiger partial charge is 0.462 e. The number of aliphatic hydroxyl groups excluding tert-OH is 1. The Morgan fingerprint density at radius 3 is 0.755 bits per heavy atom. The average Bonchev–Trinajstić information content (AvgIpc) is 1.33. The second kappa shape index (κ2) is 64.4. The first-order valence-electron chi connectivity index (χ1n) is 38.8. The van der Waals surface area contributed by atoms with E-state index in [1.807, 2.05) is 0 Å². The van der Waals surface area contributed by atoms with Crippen molar-refractivity contribution in [3.63, 3.8) is 0 Å². The maximum Gasteiger partial charge on any atom is 0.472 e. The first kappa shape index (κ1) is 92.1. The van der Waals surface area contributed by atoms with Crippen molar-refractivity contribution in [3.05, 3.63) is 0 Å². The van der Waals surface area contributed by atoms with Gasteiger partial charge in [-0.15, -0.1) is 0 Å². The van der Waals surface area contributed by atoms with Crippen LogP contribution in [-0.4, -0.2) is 96.7 Å². The number of phosphoric ester groups is 2. The Balaban J connectivity index is 5.14. The summed E-state index contributed by atoms with van der Waals surface area (Å²) in [5.74, 6) is 0.897. The van der Waals surface area contributed by atoms with Gasteiger partial charge in [-0.05, 0) is 49.4 Å². The van der Waals surface area contributed by atoms with Crippen LogP contribution < -0.4 is 0 Å². The van der Waals surface area contributed by atoms with Gasteiger partial charge in [-0.25, -0.2) is 9.13 Å². The van der Waals surface area contributed by atoms with Crippen LogP contribution in [0.25, 0.3) is 0 Å². The number of esters is 4. The number of ether oxygens (including phenoxy) is 4. The fraction of sp³-hybridized carbons (Fsp3) is 0.947. The Bertz CT molecular complexity index is 1850. The van der Waals surface area contributed by atoms with E-state index in [9.17, 15) is 43.2 Å². The molecule has 0 bridgehead atoms. The summed E-state index contributed by atoms with van der Waals surface area (Å²) < 4.78 is 68.4. The molecule has 0 aromatic carbocycles. The van der Waals surface area contributed by atoms with E-state index < -0.39 is 97.5 Å². The monoisotopic (exact) mass is 1380 g/mol. The molecule has 0 fully saturated rings. The molecule has 558 valence electrons. The second-order valence-electron chi connectivity index (χ2n) is 28.5. The van der Waals surface area contributed by atoms with Gasteiger partial charge in [0, 0.05) is 25.7 Å². The number of aliphatic hydroxyl groups is 1. The zero-order valence-corrected chi connectivity index (χ0v) is 63.4. The normalized spacial score (nSPS) is 14.7. The number of hydrogen-bond donors (Lipinski definition) is 3. The summed E-state index contributed by atoms with van der Waals surface area (Å²) in [6, 6.07) is 0. The van der Waals surface area contributed by atoms with Gasteiger partial charge in [-0.2, -0.15) is 0 Å². The molecule has 19 heteroatoms. The van der Waals surface area contributed by atoms with E-state index in [-0.39, 0.29) is 25.7 Å². The zero-order valence-electron chi connectivity index (χ0n) is 61.6. The van der Waals surface area contributed by atoms with Gasteiger partial charge in [0.25, 0.3) is 0 Å². The number of carbonyl (C=O) groups excluding carboxylic acids is 4. The molecule has 0 saturated carbocycles. The standard InChI is InChI=1S/C75H146O17P2/c1-9-67(7)53-45-37-28-24-21-22-26-30-41-49-57-74(79)91-70(62-86-73(78)56-48-40-33-31-36-44-52-66(5)6)63-89-93(81,82)87-59-69(76)60-88-94(83,84)90-64-71(92-75(80)58-50-42-34-32-38-46-54-68(8)10-2)61-85-72(77)55-47-39-29-25-20-18-16-14-12-11-13-15-17-19-23-27-35-43-51-65(3)4/h65-71,76H,9-64H2,1-8H3,(H,81,82)(H,83,84)/t67?,68?,69-,70+,71+/m0/s1. The number of carbonyl (C=O) groups is 4. The van der Waals surface area contributed by atoms with E-state index >= 15 is 0 Å². The molecule has 0 aliphatic carbocycles. The third-order valence-corrected chi connectivity index (χ3v) is 19.9. The summed E-state index contributed by atoms with van der Waals surface area (Å²) in [5.41, 5.74) is 0. The number of phosphoric acid groups is 2. The SMILES string of the molecule is CCC(C)CCCCCCCCCCCCC(=O)O[C@H](COC(=O)CCCCCCCCC(C)C)COP(=O)(O)OC[C@H](O)COP(=O)(O)OC[C@@H](COC(=O)CCCCCCCCCCCCCCCCCCCCC(C)C)OC(=O)CCCCCCCCC(C)CC. The predicted octanol–water partition coefficient (Wildman–Crippen LogP) is 21.7. The molecule has 4 unspecified atom stereocenters. The van der Waals surface area contributed by atoms with Gasteiger partial charge in [-0.3, -0.25) is 37.3 Å². The molecule has 0 aliphatic rings. The molecule has 17 nitrogen and oxygen atoms in total. The van der Waals surface area contributed by atoms with Crippen molar-refractivity contribution in [3.8, 4) is 0 Å². The Labute approximate surface area is 575 Å². The minimum Gasteiger partial charge on any atom is -0.462 e. The molecule has 0 spiro atoms. The van der Waals surface area contributed by atoms with E-state index in [1.54, 1.807) is 0 Å². The van der Waals surface area contributed by atoms with Crippen LogP contribution in [0.4, 0.5) is 0 Å². The minimum absolute atomic E-state index is 0.103. The third-order valence-electron chi connectivity index (χ3n) is 18.0. The van der Waals surface area contributed by atoms with Crippen LogP contribution in [0.2, 0.25) is 0 Å². The van der Waals surface area contributed by atoms with Crippen molar-refractivity contribution in [1.82, 2.24) is 0 Å². The van der Waals surface area contributed by atoms with E-state index in [1.165, 1.54) is 173 Å². The largest absolute Gasteiger partial charge is 0.472 e. The molecule has 3 N–H and O–H groups in total. The van der Waals surface area contributed by atoms with Crippen molar-refractivity contribution < 1.29 is 80.2 Å². The van der Waals surface area contributed by atoms with Crippen molar-refractivity contribution in [1.29, 1.82) is 0 Å². The highest BCUT2D eigenvalue weighted by molar-refractivity contribution is 7.47. The molecule has 0 amide bonds. The van der Waals surface area contributed by atoms with Crippen LogP contribution >= 0.6 is 15.6 Å². The van der Waals surface area contributed by atoms with Crippen LogP contribution in [0.3, 0.4) is 0 Å². The molecule has 0 saturated heterocycles. The van der Waals surface area contributed by atoms with E-state index in [4.69, 9.17) is 37.0 Å². The predicted molar refractivity (Wildman–Crippen MR) is 381 cm³/mol. The van der Waals surface area contributed by atoms with Gasteiger partial charge >= 0.3 is 39.5 Å². The molecule has 0 rings (SSSR count). The topological polar surface area (TPSA) is 237 Å². The van der Waals surface area contributed by atoms with Crippen LogP contribution in [0.15, 0.2) is 0 Å². The third kappa shape index (κ3) is 66.0. The molecule has 94 heavy (non-hydrogen) atoms. The van der Waals surface area contributed by atoms with Crippen LogP contribution in [0, 0.1) is 23.7 Å². The zero-order chi connectivity index (χ0) is 69.6. The first-order chi connectivity index (χ1) is 45.2. The number of rotatable bonds is 72. The molecule has 0 aliphatic heterocycles. The Kier molecular flexibility index (Phi) is 63.1. The summed E-state index contributed by atoms with van der Waals surface area (Å²) >= 11 is 0. The molecule has 0 radical (unpaired) electrons. The Hall–Kier alpha value is -1.94. The van der Waals surface area contributed by atoms with E-state index in [0.717, 1.165) is 114 Å². The summed E-state index contributed by atoms with van der Waals surface area (Å²) in [6.45, 7) is 14.1. The summed E-state index contributed by atoms with van der Waals surface area (Å²) in [6.07, 6.45) is 48.9. The van der Waals surface area contributed by atoms with Gasteiger partial charge in [0.1, 0.15) is 19.3 Å². The fourth-order valence-corrected chi connectivity index (χ4v) is 12.9. The van der Waals surface area contributed by atoms with Crippen molar-refractivity contribution in [2.24, 2.45) is 23.7 Å². The summed E-state index contributed by atoms with van der Waals surface area (Å²) in [5, 5.41) is 10.6. The van der Waals surface area contributed by atoms with E-state index in [2.05, 4.69) is 55.4 Å². The molecule has 7 atom stereocenters. The van der Waals surface area contributed by atoms with Crippen LogP contribution in [0.1, 0.15) is 376 Å². The fourth-order valence-electron chi connectivity index (χ4n) is 11.3. The van der Waals surface area contributed by atoms with Gasteiger partial charge in [0.05, 0.1) is 26.4 Å². The highest BCUT2D eigenvalue weighted by atomic mass is 31.2. The Morgan fingerprint density at radius 1 is 0.298 bits per heavy atom. The number of hydrogen-bond acceptors (Lipinski definition) is 15. The van der Waals surface area contributed by atoms with Gasteiger partial charge < -0.3 is 33.8 Å². The van der Waals surface area contributed by atoms with Crippen molar-refractivity contribution in [2.75, 3.05) is 39.6 Å². The van der Waals surface area contributed by atoms with Crippen molar-refractivity contribution >= 4 is 39.5 Å². The maximum absolute atomic E-state index is 13.0. The van der Waals surface area contributed by atoms with Gasteiger partial charge in [0.15, 0.2) is 12.2 Å². The molecule has 0 aromatic rings. The lowest BCUT2D eigenvalue weighted by atomic mass is 9.99. The van der Waals surface area contributed by atoms with E-state index in [0.29, 0.717) is 31.6 Å². The van der Waals surface area contributed by atoms with Gasteiger partial charge in [-0.1, -0.05) is 325 Å². The first-order valence-corrected chi connectivity index (χ1v) is 41.8. The van der Waals surface area contributed by atoms with Crippen LogP contribution in [-0.2, 0) is 65.4 Å². The van der Waals surface area contributed by atoms with Crippen LogP contribution in [0.5, 0.6) is 0 Å². The lowest BCUT2D eigenvalue weighted by molar-refractivity contribution is -0.161. The molecule has 0 aromatic heterocycles. The molecule has 0 heterocycles. The number of unbranched alkanes of at least 4 members (excludes halogenated alkanes) is 36. The highest BCUT2D eigenvalue weighted by Crippen LogP contribution is 2.45. The summed E-state index contributed by atoms with van der Waals surface area (Å²) in [7, 11) is -9.91. The lowest BCUT2D eigenvalue weighted by Gasteiger charge is -2.21. The minimum atomic E-state index is -4.96. The summed E-state index contributed by atoms with van der Waals surface area (Å²) in [4.78, 5) is 72.7. The quantitative estimate of drug-likeness (QED) is 0.0222. The second-order valence-corrected chi connectivity index (χ2v) is 31.4. The lowest BCUT2D eigenvalue weighted by Crippen LogP contribution is -2.30. The molecular weight excluding hydrogens is 1230 g/mol. The molecular formula is C75H146O17P2. The van der Waals surface area contributed by atoms with Crippen molar-refractivity contribution in [2.45, 2.75) is 395 Å². The highest BCUT2D eigenvalue weighted by Gasteiger charge is 2.30. The average molecular weight is 1380 g/mol. The van der Waals surface area contributed by atoms with Gasteiger partial charge in [0.2, 0.25) is 0 Å². The maximum atomic E-state index is 13.0. The Morgan fingerprint density at radius 2 is 0.511 bits per heavy atom.